The summed E-state index contributed by atoms with van der Waals surface area (Å²) in [6.07, 6.45) is 4.53. The zero-order valence-electron chi connectivity index (χ0n) is 7.99. The van der Waals surface area contributed by atoms with E-state index >= 15 is 0 Å². The average molecular weight is 184 g/mol. The van der Waals surface area contributed by atoms with Crippen LogP contribution in [-0.4, -0.2) is 25.8 Å². The maximum Gasteiger partial charge on any atom is 0.311 e. The Hall–Kier alpha value is -0.830. The van der Waals surface area contributed by atoms with E-state index < -0.39 is 0 Å². The molecule has 1 rings (SSSR count). The van der Waals surface area contributed by atoms with Crippen molar-refractivity contribution in [2.24, 2.45) is 5.92 Å². The topological polar surface area (TPSA) is 35.5 Å². The van der Waals surface area contributed by atoms with E-state index in [2.05, 4.69) is 6.58 Å². The Balaban J connectivity index is 2.40. The monoisotopic (exact) mass is 184 g/mol. The first-order valence-corrected chi connectivity index (χ1v) is 4.60. The molecule has 3 nitrogen and oxygen atoms in total. The minimum absolute atomic E-state index is 0.0531. The number of carbonyl (C=O) groups is 1. The first-order chi connectivity index (χ1) is 6.29. The van der Waals surface area contributed by atoms with Gasteiger partial charge in [-0.05, 0) is 19.3 Å². The molecule has 2 atom stereocenters. The lowest BCUT2D eigenvalue weighted by molar-refractivity contribution is -0.150. The number of ether oxygens (including phenoxy) is 2. The van der Waals surface area contributed by atoms with Crippen molar-refractivity contribution in [2.75, 3.05) is 13.7 Å². The molecule has 0 N–H and O–H groups in total. The molecule has 0 unspecified atom stereocenters. The lowest BCUT2D eigenvalue weighted by atomic mass is 10.1. The number of hydrogen-bond donors (Lipinski definition) is 0. The second-order valence-corrected chi connectivity index (χ2v) is 3.23. The molecular formula is C10H16O3. The highest BCUT2D eigenvalue weighted by molar-refractivity contribution is 5.73. The van der Waals surface area contributed by atoms with Crippen molar-refractivity contribution < 1.29 is 14.3 Å². The number of rotatable bonds is 4. The summed E-state index contributed by atoms with van der Waals surface area (Å²) in [4.78, 5) is 11.4. The molecule has 3 heteroatoms. The minimum Gasteiger partial charge on any atom is -0.461 e. The van der Waals surface area contributed by atoms with Crippen LogP contribution in [0, 0.1) is 5.92 Å². The smallest absolute Gasteiger partial charge is 0.311 e. The summed E-state index contributed by atoms with van der Waals surface area (Å²) in [5, 5.41) is 0. The summed E-state index contributed by atoms with van der Waals surface area (Å²) in [6.45, 7) is 3.79. The van der Waals surface area contributed by atoms with Gasteiger partial charge < -0.3 is 9.47 Å². The van der Waals surface area contributed by atoms with Gasteiger partial charge in [0.2, 0.25) is 0 Å². The van der Waals surface area contributed by atoms with E-state index in [9.17, 15) is 4.79 Å². The van der Waals surface area contributed by atoms with Gasteiger partial charge in [0.05, 0.1) is 12.0 Å². The highest BCUT2D eigenvalue weighted by Gasteiger charge is 2.33. The first kappa shape index (κ1) is 10.3. The molecule has 0 bridgehead atoms. The van der Waals surface area contributed by atoms with E-state index in [4.69, 9.17) is 9.47 Å². The van der Waals surface area contributed by atoms with Gasteiger partial charge >= 0.3 is 5.97 Å². The number of hydrogen-bond acceptors (Lipinski definition) is 3. The Bertz CT molecular complexity index is 189. The van der Waals surface area contributed by atoms with Crippen LogP contribution >= 0.6 is 0 Å². The summed E-state index contributed by atoms with van der Waals surface area (Å²) >= 11 is 0. The zero-order valence-corrected chi connectivity index (χ0v) is 7.99. The van der Waals surface area contributed by atoms with E-state index in [1.54, 1.807) is 13.2 Å². The Morgan fingerprint density at radius 1 is 1.62 bits per heavy atom. The summed E-state index contributed by atoms with van der Waals surface area (Å²) < 4.78 is 10.2. The van der Waals surface area contributed by atoms with Gasteiger partial charge in [0.1, 0.15) is 6.61 Å². The van der Waals surface area contributed by atoms with Crippen LogP contribution in [0.2, 0.25) is 0 Å². The molecule has 0 aromatic rings. The molecular weight excluding hydrogens is 168 g/mol. The van der Waals surface area contributed by atoms with Crippen LogP contribution in [0.15, 0.2) is 12.7 Å². The number of carbonyl (C=O) groups excluding carboxylic acids is 1. The van der Waals surface area contributed by atoms with E-state index in [0.717, 1.165) is 19.3 Å². The molecule has 1 saturated carbocycles. The molecule has 0 spiro atoms. The summed E-state index contributed by atoms with van der Waals surface area (Å²) in [7, 11) is 1.64. The van der Waals surface area contributed by atoms with Gasteiger partial charge in [0.15, 0.2) is 0 Å². The minimum atomic E-state index is -0.149. The third-order valence-electron chi connectivity index (χ3n) is 2.40. The van der Waals surface area contributed by atoms with Crippen molar-refractivity contribution in [1.29, 1.82) is 0 Å². The van der Waals surface area contributed by atoms with Gasteiger partial charge in [-0.15, -0.1) is 0 Å². The van der Waals surface area contributed by atoms with Crippen molar-refractivity contribution in [3.63, 3.8) is 0 Å². The predicted octanol–water partition coefficient (Wildman–Crippen LogP) is 1.53. The molecule has 74 valence electrons. The molecule has 0 aromatic heterocycles. The van der Waals surface area contributed by atoms with Gasteiger partial charge in [0.25, 0.3) is 0 Å². The molecule has 0 heterocycles. The quantitative estimate of drug-likeness (QED) is 0.491. The van der Waals surface area contributed by atoms with E-state index in [-0.39, 0.29) is 18.0 Å². The second-order valence-electron chi connectivity index (χ2n) is 3.23. The fourth-order valence-electron chi connectivity index (χ4n) is 1.73. The van der Waals surface area contributed by atoms with Crippen LogP contribution in [0.1, 0.15) is 19.3 Å². The van der Waals surface area contributed by atoms with Crippen molar-refractivity contribution in [2.45, 2.75) is 25.4 Å². The summed E-state index contributed by atoms with van der Waals surface area (Å²) in [6, 6.07) is 0. The molecule has 13 heavy (non-hydrogen) atoms. The van der Waals surface area contributed by atoms with Crippen LogP contribution in [0.5, 0.6) is 0 Å². The van der Waals surface area contributed by atoms with Crippen molar-refractivity contribution in [3.05, 3.63) is 12.7 Å². The average Bonchev–Trinajstić information content (AvgIpc) is 2.61. The van der Waals surface area contributed by atoms with Gasteiger partial charge in [-0.3, -0.25) is 4.79 Å². The predicted molar refractivity (Wildman–Crippen MR) is 49.3 cm³/mol. The van der Waals surface area contributed by atoms with Crippen LogP contribution in [0.25, 0.3) is 0 Å². The van der Waals surface area contributed by atoms with Crippen LogP contribution < -0.4 is 0 Å². The van der Waals surface area contributed by atoms with Crippen LogP contribution in [-0.2, 0) is 14.3 Å². The Morgan fingerprint density at radius 3 is 3.00 bits per heavy atom. The number of esters is 1. The highest BCUT2D eigenvalue weighted by Crippen LogP contribution is 2.28. The highest BCUT2D eigenvalue weighted by atomic mass is 16.5. The van der Waals surface area contributed by atoms with E-state index in [0.29, 0.717) is 6.61 Å². The Kier molecular flexibility index (Phi) is 3.96. The molecule has 1 aliphatic rings. The molecule has 0 saturated heterocycles. The van der Waals surface area contributed by atoms with Crippen LogP contribution in [0.4, 0.5) is 0 Å². The Morgan fingerprint density at radius 2 is 2.38 bits per heavy atom. The van der Waals surface area contributed by atoms with Gasteiger partial charge in [0, 0.05) is 7.11 Å². The Labute approximate surface area is 78.7 Å². The largest absolute Gasteiger partial charge is 0.461 e. The zero-order chi connectivity index (χ0) is 9.68. The van der Waals surface area contributed by atoms with Gasteiger partial charge in [-0.25, -0.2) is 0 Å². The third-order valence-corrected chi connectivity index (χ3v) is 2.40. The molecule has 1 aliphatic carbocycles. The molecule has 1 fully saturated rings. The summed E-state index contributed by atoms with van der Waals surface area (Å²) in [5.41, 5.74) is 0. The standard InChI is InChI=1S/C10H16O3/c1-3-7-13-10(11)8-5-4-6-9(8)12-2/h3,8-9H,1,4-7H2,2H3/t8-,9+/m1/s1. The number of methoxy groups -OCH3 is 1. The van der Waals surface area contributed by atoms with Crippen molar-refractivity contribution in [3.8, 4) is 0 Å². The third kappa shape index (κ3) is 2.56. The molecule has 0 aromatic carbocycles. The van der Waals surface area contributed by atoms with Crippen molar-refractivity contribution in [1.82, 2.24) is 0 Å². The van der Waals surface area contributed by atoms with Gasteiger partial charge in [-0.1, -0.05) is 12.7 Å². The van der Waals surface area contributed by atoms with E-state index in [1.807, 2.05) is 0 Å². The second kappa shape index (κ2) is 5.02. The normalized spacial score (nSPS) is 27.2. The SMILES string of the molecule is C=CCOC(=O)[C@@H]1CCC[C@@H]1OC. The lowest BCUT2D eigenvalue weighted by Crippen LogP contribution is -2.26. The fourth-order valence-corrected chi connectivity index (χ4v) is 1.73. The van der Waals surface area contributed by atoms with Crippen LogP contribution in [0.3, 0.4) is 0 Å². The summed E-state index contributed by atoms with van der Waals surface area (Å²) in [5.74, 6) is -0.214. The maximum absolute atomic E-state index is 11.4. The molecule has 0 aliphatic heterocycles. The molecule has 0 radical (unpaired) electrons. The fraction of sp³-hybridized carbons (Fsp3) is 0.700. The lowest BCUT2D eigenvalue weighted by Gasteiger charge is -2.15. The maximum atomic E-state index is 11.4. The van der Waals surface area contributed by atoms with Gasteiger partial charge in [-0.2, -0.15) is 0 Å². The van der Waals surface area contributed by atoms with E-state index in [1.165, 1.54) is 0 Å². The first-order valence-electron chi connectivity index (χ1n) is 4.60. The molecule has 0 amide bonds. The van der Waals surface area contributed by atoms with Crippen molar-refractivity contribution >= 4 is 5.97 Å².